The lowest BCUT2D eigenvalue weighted by Gasteiger charge is -2.11. The zero-order valence-corrected chi connectivity index (χ0v) is 15.5. The van der Waals surface area contributed by atoms with Gasteiger partial charge < -0.3 is 9.47 Å². The number of carbonyl (C=O) groups excluding carboxylic acids is 2. The number of halogens is 2. The first-order valence-electron chi connectivity index (χ1n) is 7.87. The number of hydrogen-bond donors (Lipinski definition) is 0. The van der Waals surface area contributed by atoms with Crippen LogP contribution >= 0.6 is 23.2 Å². The Morgan fingerprint density at radius 3 is 2.12 bits per heavy atom. The summed E-state index contributed by atoms with van der Waals surface area (Å²) in [6.07, 6.45) is 1.70. The standard InChI is InChI=1S/C19H18Cl2O4/c1-3-4-9-24-18(22)14-10-15(20)17(16(21)11-14)25-19(23)13-7-5-12(2)6-8-13/h5-8,10-11H,3-4,9H2,1-2H3. The van der Waals surface area contributed by atoms with Crippen LogP contribution in [-0.4, -0.2) is 18.5 Å². The fourth-order valence-electron chi connectivity index (χ4n) is 2.01. The van der Waals surface area contributed by atoms with Crippen molar-refractivity contribution in [3.63, 3.8) is 0 Å². The van der Waals surface area contributed by atoms with Crippen molar-refractivity contribution >= 4 is 35.1 Å². The van der Waals surface area contributed by atoms with Crippen LogP contribution in [0.2, 0.25) is 10.0 Å². The zero-order chi connectivity index (χ0) is 18.4. The highest BCUT2D eigenvalue weighted by Crippen LogP contribution is 2.35. The molecule has 0 unspecified atom stereocenters. The third-order valence-corrected chi connectivity index (χ3v) is 4.01. The minimum Gasteiger partial charge on any atom is -0.462 e. The average molecular weight is 381 g/mol. The largest absolute Gasteiger partial charge is 0.462 e. The van der Waals surface area contributed by atoms with Gasteiger partial charge in [0.15, 0.2) is 5.75 Å². The smallest absolute Gasteiger partial charge is 0.343 e. The maximum absolute atomic E-state index is 12.2. The van der Waals surface area contributed by atoms with Crippen LogP contribution in [0.3, 0.4) is 0 Å². The highest BCUT2D eigenvalue weighted by atomic mass is 35.5. The quantitative estimate of drug-likeness (QED) is 0.378. The monoisotopic (exact) mass is 380 g/mol. The van der Waals surface area contributed by atoms with Crippen LogP contribution in [0.15, 0.2) is 36.4 Å². The summed E-state index contributed by atoms with van der Waals surface area (Å²) in [6, 6.07) is 9.65. The number of hydrogen-bond acceptors (Lipinski definition) is 4. The summed E-state index contributed by atoms with van der Waals surface area (Å²) in [5, 5.41) is 0.130. The van der Waals surface area contributed by atoms with Gasteiger partial charge in [0, 0.05) is 0 Å². The van der Waals surface area contributed by atoms with Crippen LogP contribution in [0.25, 0.3) is 0 Å². The van der Waals surface area contributed by atoms with Gasteiger partial charge >= 0.3 is 11.9 Å². The zero-order valence-electron chi connectivity index (χ0n) is 14.0. The lowest BCUT2D eigenvalue weighted by Crippen LogP contribution is -2.10. The summed E-state index contributed by atoms with van der Waals surface area (Å²) in [5.74, 6) is -1.09. The summed E-state index contributed by atoms with van der Waals surface area (Å²) in [7, 11) is 0. The van der Waals surface area contributed by atoms with E-state index in [9.17, 15) is 9.59 Å². The second kappa shape index (κ2) is 8.88. The fraction of sp³-hybridized carbons (Fsp3) is 0.263. The van der Waals surface area contributed by atoms with E-state index >= 15 is 0 Å². The molecule has 0 fully saturated rings. The Kier molecular flexibility index (Phi) is 6.85. The Morgan fingerprint density at radius 2 is 1.56 bits per heavy atom. The maximum atomic E-state index is 12.2. The molecule has 6 heteroatoms. The first-order chi connectivity index (χ1) is 11.9. The lowest BCUT2D eigenvalue weighted by molar-refractivity contribution is 0.0499. The second-order valence-electron chi connectivity index (χ2n) is 5.51. The number of ether oxygens (including phenoxy) is 2. The van der Waals surface area contributed by atoms with Gasteiger partial charge in [0.25, 0.3) is 0 Å². The number of esters is 2. The molecule has 0 saturated heterocycles. The highest BCUT2D eigenvalue weighted by molar-refractivity contribution is 6.38. The van der Waals surface area contributed by atoms with E-state index in [0.717, 1.165) is 18.4 Å². The normalized spacial score (nSPS) is 10.4. The van der Waals surface area contributed by atoms with Gasteiger partial charge in [-0.2, -0.15) is 0 Å². The summed E-state index contributed by atoms with van der Waals surface area (Å²) < 4.78 is 10.4. The van der Waals surface area contributed by atoms with E-state index in [1.54, 1.807) is 24.3 Å². The summed E-state index contributed by atoms with van der Waals surface area (Å²) >= 11 is 12.3. The molecule has 0 radical (unpaired) electrons. The van der Waals surface area contributed by atoms with Crippen LogP contribution in [-0.2, 0) is 4.74 Å². The van der Waals surface area contributed by atoms with Crippen molar-refractivity contribution < 1.29 is 19.1 Å². The number of benzene rings is 2. The van der Waals surface area contributed by atoms with Gasteiger partial charge in [-0.1, -0.05) is 54.2 Å². The van der Waals surface area contributed by atoms with Crippen molar-refractivity contribution in [2.75, 3.05) is 6.61 Å². The van der Waals surface area contributed by atoms with Gasteiger partial charge in [-0.05, 0) is 37.6 Å². The van der Waals surface area contributed by atoms with Crippen molar-refractivity contribution in [1.29, 1.82) is 0 Å². The number of rotatable bonds is 6. The Bertz CT molecular complexity index is 746. The SMILES string of the molecule is CCCCOC(=O)c1cc(Cl)c(OC(=O)c2ccc(C)cc2)c(Cl)c1. The molecule has 0 saturated carbocycles. The molecular formula is C19H18Cl2O4. The molecule has 0 aromatic heterocycles. The van der Waals surface area contributed by atoms with Crippen LogP contribution < -0.4 is 4.74 Å². The maximum Gasteiger partial charge on any atom is 0.343 e. The third kappa shape index (κ3) is 5.21. The van der Waals surface area contributed by atoms with E-state index in [0.29, 0.717) is 12.2 Å². The van der Waals surface area contributed by atoms with E-state index < -0.39 is 11.9 Å². The van der Waals surface area contributed by atoms with E-state index in [1.807, 2.05) is 13.8 Å². The third-order valence-electron chi connectivity index (χ3n) is 3.45. The molecule has 0 spiro atoms. The number of aryl methyl sites for hydroxylation is 1. The second-order valence-corrected chi connectivity index (χ2v) is 6.33. The Hall–Kier alpha value is -2.04. The average Bonchev–Trinajstić information content (AvgIpc) is 2.58. The van der Waals surface area contributed by atoms with Gasteiger partial charge in [0.2, 0.25) is 0 Å². The molecule has 0 aliphatic carbocycles. The molecule has 0 N–H and O–H groups in total. The van der Waals surface area contributed by atoms with Gasteiger partial charge in [-0.3, -0.25) is 0 Å². The molecule has 132 valence electrons. The van der Waals surface area contributed by atoms with E-state index in [2.05, 4.69) is 0 Å². The van der Waals surface area contributed by atoms with Crippen LogP contribution in [0.5, 0.6) is 5.75 Å². The van der Waals surface area contributed by atoms with E-state index in [1.165, 1.54) is 12.1 Å². The van der Waals surface area contributed by atoms with Crippen molar-refractivity contribution in [2.24, 2.45) is 0 Å². The van der Waals surface area contributed by atoms with Gasteiger partial charge in [0.05, 0.1) is 27.8 Å². The molecule has 4 nitrogen and oxygen atoms in total. The summed E-state index contributed by atoms with van der Waals surface area (Å²) in [5.41, 5.74) is 1.61. The molecule has 2 aromatic carbocycles. The Labute approximate surface area is 156 Å². The van der Waals surface area contributed by atoms with Crippen molar-refractivity contribution in [2.45, 2.75) is 26.7 Å². The summed E-state index contributed by atoms with van der Waals surface area (Å²) in [6.45, 7) is 4.24. The summed E-state index contributed by atoms with van der Waals surface area (Å²) in [4.78, 5) is 24.2. The highest BCUT2D eigenvalue weighted by Gasteiger charge is 2.18. The molecule has 0 aliphatic heterocycles. The topological polar surface area (TPSA) is 52.6 Å². The van der Waals surface area contributed by atoms with Crippen LogP contribution in [0.1, 0.15) is 46.0 Å². The van der Waals surface area contributed by atoms with Gasteiger partial charge in [-0.25, -0.2) is 9.59 Å². The molecule has 0 amide bonds. The molecule has 25 heavy (non-hydrogen) atoms. The lowest BCUT2D eigenvalue weighted by atomic mass is 10.1. The molecule has 0 aliphatic rings. The first kappa shape index (κ1) is 19.3. The molecule has 2 rings (SSSR count). The van der Waals surface area contributed by atoms with Crippen molar-refractivity contribution in [1.82, 2.24) is 0 Å². The Morgan fingerprint density at radius 1 is 0.960 bits per heavy atom. The number of unbranched alkanes of at least 4 members (excludes halogenated alkanes) is 1. The molecule has 0 heterocycles. The van der Waals surface area contributed by atoms with Gasteiger partial charge in [0.1, 0.15) is 0 Å². The molecule has 0 bridgehead atoms. The minimum absolute atomic E-state index is 0.0130. The van der Waals surface area contributed by atoms with Crippen molar-refractivity contribution in [3.05, 3.63) is 63.1 Å². The van der Waals surface area contributed by atoms with E-state index in [4.69, 9.17) is 32.7 Å². The van der Waals surface area contributed by atoms with Crippen molar-refractivity contribution in [3.8, 4) is 5.75 Å². The predicted octanol–water partition coefficient (Wildman–Crippen LogP) is 5.48. The van der Waals surface area contributed by atoms with Gasteiger partial charge in [-0.15, -0.1) is 0 Å². The number of carbonyl (C=O) groups is 2. The van der Waals surface area contributed by atoms with Crippen LogP contribution in [0.4, 0.5) is 0 Å². The van der Waals surface area contributed by atoms with E-state index in [-0.39, 0.29) is 21.4 Å². The predicted molar refractivity (Wildman–Crippen MR) is 97.8 cm³/mol. The molecular weight excluding hydrogens is 363 g/mol. The first-order valence-corrected chi connectivity index (χ1v) is 8.63. The minimum atomic E-state index is -0.581. The fourth-order valence-corrected chi connectivity index (χ4v) is 2.57. The molecule has 0 atom stereocenters. The van der Waals surface area contributed by atoms with Crippen LogP contribution in [0, 0.1) is 6.92 Å². The molecule has 2 aromatic rings. The Balaban J connectivity index is 2.15.